The van der Waals surface area contributed by atoms with Gasteiger partial charge in [0.1, 0.15) is 0 Å². The zero-order valence-corrected chi connectivity index (χ0v) is 29.1. The Hall–Kier alpha value is -7.37. The zero-order chi connectivity index (χ0) is 35.8. The van der Waals surface area contributed by atoms with Crippen LogP contribution in [0.15, 0.2) is 188 Å². The Balaban J connectivity index is 1.20. The molecule has 0 fully saturated rings. The van der Waals surface area contributed by atoms with E-state index in [4.69, 9.17) is 19.9 Å². The first-order chi connectivity index (χ1) is 26.7. The molecular weight excluding hydrogens is 659 g/mol. The number of benzene rings is 7. The van der Waals surface area contributed by atoms with Crippen molar-refractivity contribution in [3.05, 3.63) is 188 Å². The third-order valence-electron chi connectivity index (χ3n) is 9.99. The molecule has 0 N–H and O–H groups in total. The molecule has 0 unspecified atom stereocenters. The molecule has 0 amide bonds. The summed E-state index contributed by atoms with van der Waals surface area (Å²) < 4.78 is 0. The maximum absolute atomic E-state index is 5.26. The van der Waals surface area contributed by atoms with Crippen LogP contribution < -0.4 is 0 Å². The van der Waals surface area contributed by atoms with Gasteiger partial charge in [-0.25, -0.2) is 19.9 Å². The Morgan fingerprint density at radius 1 is 0.315 bits per heavy atom. The molecule has 5 nitrogen and oxygen atoms in total. The van der Waals surface area contributed by atoms with E-state index in [1.807, 2.05) is 79.1 Å². The third-order valence-corrected chi connectivity index (χ3v) is 9.99. The highest BCUT2D eigenvalue weighted by Crippen LogP contribution is 2.38. The number of para-hydroxylation sites is 1. The van der Waals surface area contributed by atoms with Gasteiger partial charge in [-0.15, -0.1) is 0 Å². The van der Waals surface area contributed by atoms with Crippen molar-refractivity contribution in [3.63, 3.8) is 0 Å². The van der Waals surface area contributed by atoms with Crippen LogP contribution in [0.3, 0.4) is 0 Å². The van der Waals surface area contributed by atoms with Crippen molar-refractivity contribution < 1.29 is 0 Å². The molecule has 0 spiro atoms. The zero-order valence-electron chi connectivity index (χ0n) is 29.1. The minimum atomic E-state index is 0.585. The molecule has 0 aliphatic rings. The SMILES string of the molecule is c1ccc(-c2nc(-c3ccccc3)nc(-c3cc(-c4ccc(-c5cccc6ccccc56)cc4)cc(-c4nc5ccccc5c5ccncc45)c3)n2)cc1. The fourth-order valence-electron chi connectivity index (χ4n) is 7.33. The Morgan fingerprint density at radius 2 is 0.889 bits per heavy atom. The Bertz CT molecular complexity index is 2920. The van der Waals surface area contributed by atoms with Gasteiger partial charge in [0.15, 0.2) is 17.5 Å². The lowest BCUT2D eigenvalue weighted by atomic mass is 9.93. The van der Waals surface area contributed by atoms with E-state index in [1.54, 1.807) is 0 Å². The second kappa shape index (κ2) is 13.3. The van der Waals surface area contributed by atoms with Crippen molar-refractivity contribution >= 4 is 32.4 Å². The van der Waals surface area contributed by atoms with Gasteiger partial charge in [0.05, 0.1) is 11.2 Å². The molecule has 3 heterocycles. The monoisotopic (exact) mass is 689 g/mol. The van der Waals surface area contributed by atoms with Crippen molar-refractivity contribution in [3.8, 4) is 67.7 Å². The predicted octanol–water partition coefficient (Wildman–Crippen LogP) is 12.1. The third kappa shape index (κ3) is 5.74. The minimum absolute atomic E-state index is 0.585. The highest BCUT2D eigenvalue weighted by molar-refractivity contribution is 6.10. The van der Waals surface area contributed by atoms with E-state index in [1.165, 1.54) is 16.3 Å². The van der Waals surface area contributed by atoms with E-state index in [0.29, 0.717) is 17.5 Å². The van der Waals surface area contributed by atoms with Crippen LogP contribution in [0.5, 0.6) is 0 Å². The molecule has 252 valence electrons. The number of hydrogen-bond acceptors (Lipinski definition) is 5. The van der Waals surface area contributed by atoms with E-state index < -0.39 is 0 Å². The first-order valence-corrected chi connectivity index (χ1v) is 18.0. The highest BCUT2D eigenvalue weighted by atomic mass is 15.0. The van der Waals surface area contributed by atoms with Crippen LogP contribution in [-0.4, -0.2) is 24.9 Å². The van der Waals surface area contributed by atoms with Gasteiger partial charge in [0, 0.05) is 45.4 Å². The summed E-state index contributed by atoms with van der Waals surface area (Å²) in [5.74, 6) is 1.81. The van der Waals surface area contributed by atoms with E-state index in [2.05, 4.69) is 114 Å². The smallest absolute Gasteiger partial charge is 0.164 e. The topological polar surface area (TPSA) is 64.5 Å². The molecule has 0 atom stereocenters. The van der Waals surface area contributed by atoms with Gasteiger partial charge in [0.25, 0.3) is 0 Å². The lowest BCUT2D eigenvalue weighted by Gasteiger charge is -2.14. The summed E-state index contributed by atoms with van der Waals surface area (Å²) in [5.41, 5.74) is 9.92. The quantitative estimate of drug-likeness (QED) is 0.163. The van der Waals surface area contributed by atoms with Gasteiger partial charge in [-0.1, -0.05) is 146 Å². The number of pyridine rings is 2. The molecule has 0 bridgehead atoms. The lowest BCUT2D eigenvalue weighted by Crippen LogP contribution is -2.00. The maximum atomic E-state index is 5.26. The van der Waals surface area contributed by atoms with Crippen molar-refractivity contribution in [1.29, 1.82) is 0 Å². The van der Waals surface area contributed by atoms with Crippen LogP contribution in [-0.2, 0) is 0 Å². The molecule has 0 saturated carbocycles. The molecule has 5 heteroatoms. The normalized spacial score (nSPS) is 11.3. The molecule has 10 aromatic rings. The van der Waals surface area contributed by atoms with Crippen molar-refractivity contribution in [2.75, 3.05) is 0 Å². The molecule has 7 aromatic carbocycles. The highest BCUT2D eigenvalue weighted by Gasteiger charge is 2.17. The predicted molar refractivity (Wildman–Crippen MR) is 221 cm³/mol. The molecule has 0 saturated heterocycles. The fourth-order valence-corrected chi connectivity index (χ4v) is 7.33. The van der Waals surface area contributed by atoms with Crippen molar-refractivity contribution in [2.24, 2.45) is 0 Å². The fraction of sp³-hybridized carbons (Fsp3) is 0. The van der Waals surface area contributed by atoms with E-state index in [0.717, 1.165) is 66.3 Å². The number of aromatic nitrogens is 5. The minimum Gasteiger partial charge on any atom is -0.264 e. The molecule has 54 heavy (non-hydrogen) atoms. The Morgan fingerprint density at radius 3 is 1.63 bits per heavy atom. The van der Waals surface area contributed by atoms with Crippen LogP contribution in [0.1, 0.15) is 0 Å². The van der Waals surface area contributed by atoms with Gasteiger partial charge in [-0.2, -0.15) is 0 Å². The number of fused-ring (bicyclic) bond motifs is 4. The Labute approximate surface area is 312 Å². The van der Waals surface area contributed by atoms with Crippen LogP contribution >= 0.6 is 0 Å². The summed E-state index contributed by atoms with van der Waals surface area (Å²) in [6.45, 7) is 0. The van der Waals surface area contributed by atoms with Gasteiger partial charge in [-0.3, -0.25) is 4.98 Å². The summed E-state index contributed by atoms with van der Waals surface area (Å²) in [5, 5.41) is 5.64. The molecule has 3 aromatic heterocycles. The van der Waals surface area contributed by atoms with Crippen LogP contribution in [0.2, 0.25) is 0 Å². The molecule has 0 aliphatic carbocycles. The summed E-state index contributed by atoms with van der Waals surface area (Å²) in [6, 6.07) is 60.9. The number of rotatable bonds is 6. The van der Waals surface area contributed by atoms with Crippen molar-refractivity contribution in [1.82, 2.24) is 24.9 Å². The number of hydrogen-bond donors (Lipinski definition) is 0. The van der Waals surface area contributed by atoms with Crippen molar-refractivity contribution in [2.45, 2.75) is 0 Å². The van der Waals surface area contributed by atoms with Crippen LogP contribution in [0.25, 0.3) is 100 Å². The standard InChI is InChI=1S/C49H31N5/c1-3-13-35(14-4-1)47-52-48(36-15-5-2-6-16-36)54-49(53-47)39-29-37(32-22-24-34(25-23-32)41-20-11-17-33-12-7-8-18-40(33)41)28-38(30-39)46-44-31-50-27-26-42(44)43-19-9-10-21-45(43)51-46/h1-31H. The summed E-state index contributed by atoms with van der Waals surface area (Å²) in [7, 11) is 0. The first kappa shape index (κ1) is 31.4. The molecular formula is C49H31N5. The largest absolute Gasteiger partial charge is 0.264 e. The van der Waals surface area contributed by atoms with E-state index in [9.17, 15) is 0 Å². The summed E-state index contributed by atoms with van der Waals surface area (Å²) in [4.78, 5) is 25.0. The first-order valence-electron chi connectivity index (χ1n) is 18.0. The summed E-state index contributed by atoms with van der Waals surface area (Å²) >= 11 is 0. The summed E-state index contributed by atoms with van der Waals surface area (Å²) in [6.07, 6.45) is 3.76. The molecule has 0 radical (unpaired) electrons. The average molecular weight is 690 g/mol. The van der Waals surface area contributed by atoms with Crippen LogP contribution in [0.4, 0.5) is 0 Å². The Kier molecular flexibility index (Phi) is 7.73. The van der Waals surface area contributed by atoms with Gasteiger partial charge in [-0.05, 0) is 68.7 Å². The molecule has 10 rings (SSSR count). The van der Waals surface area contributed by atoms with Crippen LogP contribution in [0, 0.1) is 0 Å². The van der Waals surface area contributed by atoms with E-state index >= 15 is 0 Å². The lowest BCUT2D eigenvalue weighted by molar-refractivity contribution is 1.07. The molecule has 0 aliphatic heterocycles. The van der Waals surface area contributed by atoms with Gasteiger partial charge >= 0.3 is 0 Å². The average Bonchev–Trinajstić information content (AvgIpc) is 3.26. The van der Waals surface area contributed by atoms with Gasteiger partial charge in [0.2, 0.25) is 0 Å². The van der Waals surface area contributed by atoms with Gasteiger partial charge < -0.3 is 0 Å². The van der Waals surface area contributed by atoms with E-state index in [-0.39, 0.29) is 0 Å². The second-order valence-electron chi connectivity index (χ2n) is 13.3. The number of nitrogens with zero attached hydrogens (tertiary/aromatic N) is 5. The maximum Gasteiger partial charge on any atom is 0.164 e. The second-order valence-corrected chi connectivity index (χ2v) is 13.3.